The molecule has 4 nitrogen and oxygen atoms in total. The Morgan fingerprint density at radius 2 is 2.12 bits per heavy atom. The average Bonchev–Trinajstić information content (AvgIpc) is 2.59. The van der Waals surface area contributed by atoms with Gasteiger partial charge in [-0.25, -0.2) is 4.39 Å². The van der Waals surface area contributed by atoms with E-state index in [0.717, 1.165) is 16.6 Å². The molecule has 1 aliphatic heterocycles. The quantitative estimate of drug-likeness (QED) is 0.834. The van der Waals surface area contributed by atoms with Gasteiger partial charge in [-0.2, -0.15) is 0 Å². The molecule has 0 aliphatic carbocycles. The van der Waals surface area contributed by atoms with Crippen molar-refractivity contribution in [3.05, 3.63) is 57.8 Å². The van der Waals surface area contributed by atoms with Gasteiger partial charge in [-0.05, 0) is 65.1 Å². The molecule has 1 atom stereocenters. The van der Waals surface area contributed by atoms with E-state index in [1.165, 1.54) is 0 Å². The van der Waals surface area contributed by atoms with E-state index in [2.05, 4.69) is 26.6 Å². The third-order valence-corrected chi connectivity index (χ3v) is 4.63. The Hall–Kier alpha value is -1.92. The first-order valence-electron chi connectivity index (χ1n) is 7.79. The summed E-state index contributed by atoms with van der Waals surface area (Å²) in [5.41, 5.74) is 1.81. The van der Waals surface area contributed by atoms with Gasteiger partial charge in [0, 0.05) is 6.54 Å². The molecule has 1 heterocycles. The molecule has 126 valence electrons. The minimum Gasteiger partial charge on any atom is -0.480 e. The molecule has 1 aliphatic rings. The number of fused-ring (bicyclic) bond motifs is 1. The van der Waals surface area contributed by atoms with E-state index in [0.29, 0.717) is 24.3 Å². The highest BCUT2D eigenvalue weighted by Crippen LogP contribution is 2.26. The molecule has 0 bridgehead atoms. The van der Waals surface area contributed by atoms with Crippen LogP contribution in [0.1, 0.15) is 18.1 Å². The fourth-order valence-corrected chi connectivity index (χ4v) is 3.03. The molecule has 1 amide bonds. The lowest BCUT2D eigenvalue weighted by Crippen LogP contribution is -2.31. The normalized spacial score (nSPS) is 14.6. The van der Waals surface area contributed by atoms with Crippen molar-refractivity contribution in [3.63, 3.8) is 0 Å². The lowest BCUT2D eigenvalue weighted by Gasteiger charge is -2.20. The first kappa shape index (κ1) is 16.9. The predicted octanol–water partition coefficient (Wildman–Crippen LogP) is 3.64. The molecule has 0 radical (unpaired) electrons. The van der Waals surface area contributed by atoms with Crippen LogP contribution in [-0.2, 0) is 17.8 Å². The molecule has 2 N–H and O–H groups in total. The Morgan fingerprint density at radius 3 is 2.92 bits per heavy atom. The van der Waals surface area contributed by atoms with Crippen LogP contribution in [0.25, 0.3) is 0 Å². The van der Waals surface area contributed by atoms with E-state index in [-0.39, 0.29) is 11.5 Å². The number of nitrogens with one attached hydrogen (secondary N) is 2. The van der Waals surface area contributed by atoms with Gasteiger partial charge in [0.15, 0.2) is 6.10 Å². The van der Waals surface area contributed by atoms with Crippen molar-refractivity contribution >= 4 is 27.5 Å². The fourth-order valence-electron chi connectivity index (χ4n) is 2.65. The summed E-state index contributed by atoms with van der Waals surface area (Å²) < 4.78 is 21.0. The number of benzene rings is 2. The van der Waals surface area contributed by atoms with Gasteiger partial charge in [-0.15, -0.1) is 0 Å². The predicted molar refractivity (Wildman–Crippen MR) is 94.7 cm³/mol. The van der Waals surface area contributed by atoms with Crippen molar-refractivity contribution in [3.8, 4) is 5.75 Å². The van der Waals surface area contributed by atoms with Crippen LogP contribution >= 0.6 is 15.9 Å². The van der Waals surface area contributed by atoms with E-state index >= 15 is 0 Å². The molecule has 0 saturated heterocycles. The van der Waals surface area contributed by atoms with Crippen LogP contribution in [0, 0.1) is 5.82 Å². The van der Waals surface area contributed by atoms with Gasteiger partial charge in [0.25, 0.3) is 5.91 Å². The van der Waals surface area contributed by atoms with E-state index in [1.54, 1.807) is 19.1 Å². The van der Waals surface area contributed by atoms with Crippen LogP contribution in [-0.4, -0.2) is 18.6 Å². The molecule has 2 aromatic carbocycles. The zero-order valence-electron chi connectivity index (χ0n) is 13.2. The van der Waals surface area contributed by atoms with E-state index in [4.69, 9.17) is 4.74 Å². The lowest BCUT2D eigenvalue weighted by atomic mass is 9.99. The first-order chi connectivity index (χ1) is 11.6. The van der Waals surface area contributed by atoms with E-state index in [1.807, 2.05) is 24.3 Å². The topological polar surface area (TPSA) is 50.4 Å². The molecular weight excluding hydrogens is 375 g/mol. The first-order valence-corrected chi connectivity index (χ1v) is 8.58. The molecule has 0 fully saturated rings. The SMILES string of the molecule is CC(Oc1ccccc1Br)C(=O)Nc1ccc2c(c1F)CCNC2. The van der Waals surface area contributed by atoms with E-state index in [9.17, 15) is 9.18 Å². The minimum atomic E-state index is -0.749. The Balaban J connectivity index is 1.71. The molecule has 1 unspecified atom stereocenters. The van der Waals surface area contributed by atoms with Crippen LogP contribution < -0.4 is 15.4 Å². The van der Waals surface area contributed by atoms with Gasteiger partial charge < -0.3 is 15.4 Å². The Bertz CT molecular complexity index is 767. The van der Waals surface area contributed by atoms with Crippen molar-refractivity contribution in [2.75, 3.05) is 11.9 Å². The number of carbonyl (C=O) groups is 1. The fraction of sp³-hybridized carbons (Fsp3) is 0.278. The Labute approximate surface area is 148 Å². The smallest absolute Gasteiger partial charge is 0.265 e. The number of ether oxygens (including phenoxy) is 1. The molecule has 2 aromatic rings. The maximum atomic E-state index is 14.6. The highest BCUT2D eigenvalue weighted by atomic mass is 79.9. The largest absolute Gasteiger partial charge is 0.480 e. The number of rotatable bonds is 4. The second kappa shape index (κ2) is 7.32. The molecule has 0 aromatic heterocycles. The van der Waals surface area contributed by atoms with Crippen LogP contribution in [0.2, 0.25) is 0 Å². The third kappa shape index (κ3) is 3.60. The molecule has 6 heteroatoms. The van der Waals surface area contributed by atoms with Crippen molar-refractivity contribution < 1.29 is 13.9 Å². The number of hydrogen-bond acceptors (Lipinski definition) is 3. The molecule has 0 spiro atoms. The summed E-state index contributed by atoms with van der Waals surface area (Å²) in [6, 6.07) is 10.7. The van der Waals surface area contributed by atoms with Crippen LogP contribution in [0.3, 0.4) is 0 Å². The number of halogens is 2. The number of anilines is 1. The maximum Gasteiger partial charge on any atom is 0.265 e. The highest BCUT2D eigenvalue weighted by molar-refractivity contribution is 9.10. The summed E-state index contributed by atoms with van der Waals surface area (Å²) in [5.74, 6) is -0.175. The van der Waals surface area contributed by atoms with Crippen molar-refractivity contribution in [2.45, 2.75) is 26.0 Å². The second-order valence-electron chi connectivity index (χ2n) is 5.67. The molecule has 24 heavy (non-hydrogen) atoms. The summed E-state index contributed by atoms with van der Waals surface area (Å²) in [6.45, 7) is 3.03. The number of para-hydroxylation sites is 1. The van der Waals surface area contributed by atoms with Gasteiger partial charge in [0.1, 0.15) is 11.6 Å². The summed E-state index contributed by atoms with van der Waals surface area (Å²) in [7, 11) is 0. The molecule has 3 rings (SSSR count). The van der Waals surface area contributed by atoms with Gasteiger partial charge in [-0.1, -0.05) is 18.2 Å². The zero-order chi connectivity index (χ0) is 17.1. The zero-order valence-corrected chi connectivity index (χ0v) is 14.8. The van der Waals surface area contributed by atoms with Crippen LogP contribution in [0.15, 0.2) is 40.9 Å². The van der Waals surface area contributed by atoms with Crippen molar-refractivity contribution in [2.24, 2.45) is 0 Å². The van der Waals surface area contributed by atoms with Crippen molar-refractivity contribution in [1.29, 1.82) is 0 Å². The molecular formula is C18H18BrFN2O2. The highest BCUT2D eigenvalue weighted by Gasteiger charge is 2.21. The summed E-state index contributed by atoms with van der Waals surface area (Å²) in [4.78, 5) is 12.3. The standard InChI is InChI=1S/C18H18BrFN2O2/c1-11(24-16-5-3-2-4-14(16)19)18(23)22-15-7-6-12-10-21-9-8-13(12)17(15)20/h2-7,11,21H,8-10H2,1H3,(H,22,23). The lowest BCUT2D eigenvalue weighted by molar-refractivity contribution is -0.122. The number of carbonyl (C=O) groups excluding carboxylic acids is 1. The molecule has 0 saturated carbocycles. The second-order valence-corrected chi connectivity index (χ2v) is 6.53. The van der Waals surface area contributed by atoms with Crippen LogP contribution in [0.4, 0.5) is 10.1 Å². The van der Waals surface area contributed by atoms with Gasteiger partial charge in [-0.3, -0.25) is 4.79 Å². The summed E-state index contributed by atoms with van der Waals surface area (Å²) >= 11 is 3.37. The van der Waals surface area contributed by atoms with Crippen LogP contribution in [0.5, 0.6) is 5.75 Å². The summed E-state index contributed by atoms with van der Waals surface area (Å²) in [6.07, 6.45) is -0.130. The van der Waals surface area contributed by atoms with E-state index < -0.39 is 12.0 Å². The third-order valence-electron chi connectivity index (χ3n) is 3.97. The summed E-state index contributed by atoms with van der Waals surface area (Å²) in [5, 5.41) is 5.83. The van der Waals surface area contributed by atoms with Gasteiger partial charge in [0.2, 0.25) is 0 Å². The van der Waals surface area contributed by atoms with Crippen molar-refractivity contribution in [1.82, 2.24) is 5.32 Å². The average molecular weight is 393 g/mol. The van der Waals surface area contributed by atoms with Gasteiger partial charge in [0.05, 0.1) is 10.2 Å². The monoisotopic (exact) mass is 392 g/mol. The van der Waals surface area contributed by atoms with Gasteiger partial charge >= 0.3 is 0 Å². The Kier molecular flexibility index (Phi) is 5.16. The number of hydrogen-bond donors (Lipinski definition) is 2. The Morgan fingerprint density at radius 1 is 1.33 bits per heavy atom. The maximum absolute atomic E-state index is 14.6. The number of amides is 1. The minimum absolute atomic E-state index is 0.197.